The first-order chi connectivity index (χ1) is 13.5. The maximum Gasteiger partial charge on any atom is 0.337 e. The second-order valence-corrected chi connectivity index (χ2v) is 6.24. The topological polar surface area (TPSA) is 93.2 Å². The number of nitrogens with zero attached hydrogens (tertiary/aromatic N) is 2. The fourth-order valence-corrected chi connectivity index (χ4v) is 2.49. The van der Waals surface area contributed by atoms with E-state index in [0.717, 1.165) is 5.56 Å². The Labute approximate surface area is 166 Å². The SMILES string of the molecule is COC(=O)c1cccc(NC(=O)c2cnc(NCc3ccc(Cl)cc3)nc2)c1. The van der Waals surface area contributed by atoms with Crippen LogP contribution in [0.2, 0.25) is 5.02 Å². The number of ether oxygens (including phenoxy) is 1. The van der Waals surface area contributed by atoms with Gasteiger partial charge in [-0.2, -0.15) is 0 Å². The largest absolute Gasteiger partial charge is 0.465 e. The molecule has 0 bridgehead atoms. The molecule has 0 radical (unpaired) electrons. The maximum atomic E-state index is 12.3. The Bertz CT molecular complexity index is 976. The van der Waals surface area contributed by atoms with E-state index in [4.69, 9.17) is 11.6 Å². The molecule has 8 heteroatoms. The van der Waals surface area contributed by atoms with Crippen molar-refractivity contribution in [2.45, 2.75) is 6.54 Å². The first-order valence-corrected chi connectivity index (χ1v) is 8.73. The van der Waals surface area contributed by atoms with Crippen LogP contribution in [0.1, 0.15) is 26.3 Å². The third-order valence-electron chi connectivity index (χ3n) is 3.82. The van der Waals surface area contributed by atoms with Crippen LogP contribution in [-0.2, 0) is 11.3 Å². The lowest BCUT2D eigenvalue weighted by Crippen LogP contribution is -2.14. The summed E-state index contributed by atoms with van der Waals surface area (Å²) in [5, 5.41) is 6.45. The van der Waals surface area contributed by atoms with Crippen molar-refractivity contribution in [2.75, 3.05) is 17.7 Å². The predicted molar refractivity (Wildman–Crippen MR) is 107 cm³/mol. The van der Waals surface area contributed by atoms with Gasteiger partial charge in [-0.15, -0.1) is 0 Å². The van der Waals surface area contributed by atoms with Crippen LogP contribution in [0.3, 0.4) is 0 Å². The van der Waals surface area contributed by atoms with Crippen molar-refractivity contribution >= 4 is 35.1 Å². The summed E-state index contributed by atoms with van der Waals surface area (Å²) < 4.78 is 4.67. The highest BCUT2D eigenvalue weighted by molar-refractivity contribution is 6.30. The molecule has 142 valence electrons. The Hall–Kier alpha value is -3.45. The van der Waals surface area contributed by atoms with E-state index in [1.807, 2.05) is 24.3 Å². The Morgan fingerprint density at radius 3 is 2.43 bits per heavy atom. The highest BCUT2D eigenvalue weighted by Gasteiger charge is 2.10. The van der Waals surface area contributed by atoms with Crippen LogP contribution in [0.4, 0.5) is 11.6 Å². The number of hydrogen-bond acceptors (Lipinski definition) is 6. The summed E-state index contributed by atoms with van der Waals surface area (Å²) in [6.07, 6.45) is 2.85. The van der Waals surface area contributed by atoms with Crippen LogP contribution in [-0.4, -0.2) is 29.0 Å². The van der Waals surface area contributed by atoms with Gasteiger partial charge < -0.3 is 15.4 Å². The normalized spacial score (nSPS) is 10.2. The minimum Gasteiger partial charge on any atom is -0.465 e. The number of anilines is 2. The zero-order valence-electron chi connectivity index (χ0n) is 15.0. The molecule has 2 aromatic carbocycles. The molecule has 0 aliphatic rings. The van der Waals surface area contributed by atoms with Crippen molar-refractivity contribution in [2.24, 2.45) is 0 Å². The molecule has 0 aliphatic carbocycles. The number of halogens is 1. The Morgan fingerprint density at radius 1 is 1.04 bits per heavy atom. The number of methoxy groups -OCH3 is 1. The summed E-state index contributed by atoms with van der Waals surface area (Å²) in [5.74, 6) is -0.457. The second-order valence-electron chi connectivity index (χ2n) is 5.80. The van der Waals surface area contributed by atoms with Crippen molar-refractivity contribution in [3.05, 3.63) is 82.6 Å². The Balaban J connectivity index is 1.60. The summed E-state index contributed by atoms with van der Waals surface area (Å²) in [4.78, 5) is 32.2. The van der Waals surface area contributed by atoms with Crippen LogP contribution < -0.4 is 10.6 Å². The molecule has 1 aromatic heterocycles. The molecule has 0 fully saturated rings. The average Bonchev–Trinajstić information content (AvgIpc) is 2.73. The maximum absolute atomic E-state index is 12.3. The van der Waals surface area contributed by atoms with Crippen molar-refractivity contribution in [3.63, 3.8) is 0 Å². The van der Waals surface area contributed by atoms with Gasteiger partial charge in [0.05, 0.1) is 18.2 Å². The van der Waals surface area contributed by atoms with E-state index in [9.17, 15) is 9.59 Å². The highest BCUT2D eigenvalue weighted by atomic mass is 35.5. The quantitative estimate of drug-likeness (QED) is 0.616. The third kappa shape index (κ3) is 5.05. The summed E-state index contributed by atoms with van der Waals surface area (Å²) in [7, 11) is 1.30. The summed E-state index contributed by atoms with van der Waals surface area (Å²) in [6, 6.07) is 13.9. The van der Waals surface area contributed by atoms with Gasteiger partial charge in [0.25, 0.3) is 5.91 Å². The molecule has 7 nitrogen and oxygen atoms in total. The lowest BCUT2D eigenvalue weighted by molar-refractivity contribution is 0.0600. The summed E-state index contributed by atoms with van der Waals surface area (Å²) >= 11 is 5.86. The van der Waals surface area contributed by atoms with E-state index in [2.05, 4.69) is 25.3 Å². The molecule has 0 aliphatic heterocycles. The molecular weight excluding hydrogens is 380 g/mol. The minimum atomic E-state index is -0.476. The van der Waals surface area contributed by atoms with Gasteiger partial charge in [-0.05, 0) is 35.9 Å². The second kappa shape index (κ2) is 8.96. The van der Waals surface area contributed by atoms with Crippen LogP contribution in [0.15, 0.2) is 60.9 Å². The molecule has 0 atom stereocenters. The van der Waals surface area contributed by atoms with Gasteiger partial charge in [0.2, 0.25) is 5.95 Å². The van der Waals surface area contributed by atoms with E-state index in [-0.39, 0.29) is 5.91 Å². The number of esters is 1. The number of hydrogen-bond donors (Lipinski definition) is 2. The lowest BCUT2D eigenvalue weighted by Gasteiger charge is -2.08. The molecular formula is C20H17ClN4O3. The molecule has 0 saturated heterocycles. The number of aromatic nitrogens is 2. The zero-order chi connectivity index (χ0) is 19.9. The predicted octanol–water partition coefficient (Wildman–Crippen LogP) is 3.78. The Kier molecular flexibility index (Phi) is 6.18. The van der Waals surface area contributed by atoms with Crippen molar-refractivity contribution in [1.82, 2.24) is 9.97 Å². The zero-order valence-corrected chi connectivity index (χ0v) is 15.7. The summed E-state index contributed by atoms with van der Waals surface area (Å²) in [6.45, 7) is 0.531. The molecule has 1 heterocycles. The number of carbonyl (C=O) groups excluding carboxylic acids is 2. The Morgan fingerprint density at radius 2 is 1.75 bits per heavy atom. The van der Waals surface area contributed by atoms with Crippen molar-refractivity contribution in [1.29, 1.82) is 0 Å². The van der Waals surface area contributed by atoms with Crippen molar-refractivity contribution in [3.8, 4) is 0 Å². The van der Waals surface area contributed by atoms with Gasteiger partial charge in [-0.3, -0.25) is 4.79 Å². The van der Waals surface area contributed by atoms with Gasteiger partial charge in [0.1, 0.15) is 0 Å². The number of amides is 1. The van der Waals surface area contributed by atoms with Gasteiger partial charge in [-0.1, -0.05) is 29.8 Å². The fourth-order valence-electron chi connectivity index (χ4n) is 2.36. The molecule has 3 aromatic rings. The first-order valence-electron chi connectivity index (χ1n) is 8.35. The van der Waals surface area contributed by atoms with Crippen LogP contribution >= 0.6 is 11.6 Å². The molecule has 0 saturated carbocycles. The van der Waals surface area contributed by atoms with E-state index in [1.165, 1.54) is 25.6 Å². The fraction of sp³-hybridized carbons (Fsp3) is 0.100. The molecule has 0 spiro atoms. The molecule has 28 heavy (non-hydrogen) atoms. The number of nitrogens with one attached hydrogen (secondary N) is 2. The molecule has 1 amide bonds. The first kappa shape index (κ1) is 19.3. The van der Waals surface area contributed by atoms with E-state index >= 15 is 0 Å². The number of rotatable bonds is 6. The van der Waals surface area contributed by atoms with Crippen molar-refractivity contribution < 1.29 is 14.3 Å². The van der Waals surface area contributed by atoms with E-state index in [0.29, 0.717) is 34.3 Å². The lowest BCUT2D eigenvalue weighted by atomic mass is 10.2. The average molecular weight is 397 g/mol. The highest BCUT2D eigenvalue weighted by Crippen LogP contribution is 2.14. The smallest absolute Gasteiger partial charge is 0.337 e. The van der Waals surface area contributed by atoms with Crippen LogP contribution in [0, 0.1) is 0 Å². The standard InChI is InChI=1S/C20H17ClN4O3/c1-28-19(27)14-3-2-4-17(9-14)25-18(26)15-11-23-20(24-12-15)22-10-13-5-7-16(21)8-6-13/h2-9,11-12H,10H2,1H3,(H,25,26)(H,22,23,24). The van der Waals surface area contributed by atoms with Gasteiger partial charge in [0, 0.05) is 29.6 Å². The minimum absolute atomic E-state index is 0.292. The van der Waals surface area contributed by atoms with Gasteiger partial charge in [-0.25, -0.2) is 14.8 Å². The monoisotopic (exact) mass is 396 g/mol. The van der Waals surface area contributed by atoms with Gasteiger partial charge in [0.15, 0.2) is 0 Å². The number of carbonyl (C=O) groups is 2. The van der Waals surface area contributed by atoms with E-state index in [1.54, 1.807) is 18.2 Å². The van der Waals surface area contributed by atoms with E-state index < -0.39 is 5.97 Å². The van der Waals surface area contributed by atoms with Gasteiger partial charge >= 0.3 is 5.97 Å². The van der Waals surface area contributed by atoms with Crippen LogP contribution in [0.25, 0.3) is 0 Å². The number of benzene rings is 2. The summed E-state index contributed by atoms with van der Waals surface area (Å²) in [5.41, 5.74) is 2.14. The third-order valence-corrected chi connectivity index (χ3v) is 4.07. The molecule has 2 N–H and O–H groups in total. The molecule has 3 rings (SSSR count). The molecule has 0 unspecified atom stereocenters. The van der Waals surface area contributed by atoms with Crippen LogP contribution in [0.5, 0.6) is 0 Å².